The van der Waals surface area contributed by atoms with Crippen molar-refractivity contribution in [3.05, 3.63) is 23.8 Å². The highest BCUT2D eigenvalue weighted by atomic mass is 16.7. The Hall–Kier alpha value is -3.14. The molecule has 0 heterocycles. The van der Waals surface area contributed by atoms with E-state index < -0.39 is 36.2 Å². The Kier molecular flexibility index (Phi) is 12.5. The average molecular weight is 468 g/mol. The van der Waals surface area contributed by atoms with Gasteiger partial charge in [-0.05, 0) is 37.5 Å². The van der Waals surface area contributed by atoms with Gasteiger partial charge in [0.1, 0.15) is 12.1 Å². The van der Waals surface area contributed by atoms with E-state index in [4.69, 9.17) is 18.9 Å². The monoisotopic (exact) mass is 467 g/mol. The molecule has 0 aromatic heterocycles. The molecule has 33 heavy (non-hydrogen) atoms. The molecule has 1 aromatic rings. The van der Waals surface area contributed by atoms with E-state index in [-0.39, 0.29) is 43.9 Å². The van der Waals surface area contributed by atoms with E-state index in [0.717, 1.165) is 12.8 Å². The Balaban J connectivity index is 2.82. The molecular weight excluding hydrogens is 434 g/mol. The Bertz CT molecular complexity index is 809. The van der Waals surface area contributed by atoms with E-state index in [0.29, 0.717) is 5.56 Å². The van der Waals surface area contributed by atoms with Gasteiger partial charge in [-0.3, -0.25) is 14.4 Å². The number of esters is 2. The normalized spacial score (nSPS) is 12.4. The summed E-state index contributed by atoms with van der Waals surface area (Å²) in [5, 5.41) is 12.4. The molecule has 2 atom stereocenters. The molecule has 0 aliphatic rings. The molecule has 0 spiro atoms. The molecule has 0 radical (unpaired) electrons. The number of carboxylic acids is 1. The SMILES string of the molecule is CCCCOC(=O)OC(C)CN[C@@H](Cc1ccc(OC(=O)CC)c(OC(=O)CC)c1)C(=O)O. The Morgan fingerprint density at radius 1 is 1.00 bits per heavy atom. The van der Waals surface area contributed by atoms with Crippen molar-refractivity contribution < 1.29 is 43.2 Å². The minimum atomic E-state index is -1.11. The molecule has 2 N–H and O–H groups in total. The number of aliphatic carboxylic acids is 1. The molecule has 10 heteroatoms. The quantitative estimate of drug-likeness (QED) is 0.238. The second-order valence-corrected chi connectivity index (χ2v) is 7.32. The summed E-state index contributed by atoms with van der Waals surface area (Å²) < 4.78 is 20.5. The summed E-state index contributed by atoms with van der Waals surface area (Å²) in [6.07, 6.45) is 0.494. The standard InChI is InChI=1S/C23H33NO9/c1-5-8-11-30-23(29)31-15(4)14-24-17(22(27)28)12-16-9-10-18(32-20(25)6-2)19(13-16)33-21(26)7-3/h9-10,13,15,17,24H,5-8,11-12,14H2,1-4H3,(H,27,28)/t15?,17-/m0/s1. The van der Waals surface area contributed by atoms with Gasteiger partial charge in [-0.15, -0.1) is 0 Å². The number of hydrogen-bond donors (Lipinski definition) is 2. The third-order valence-corrected chi connectivity index (χ3v) is 4.44. The van der Waals surface area contributed by atoms with Gasteiger partial charge in [0.15, 0.2) is 11.5 Å². The van der Waals surface area contributed by atoms with Crippen molar-refractivity contribution in [3.63, 3.8) is 0 Å². The first-order valence-corrected chi connectivity index (χ1v) is 11.0. The van der Waals surface area contributed by atoms with Gasteiger partial charge in [0.2, 0.25) is 0 Å². The largest absolute Gasteiger partial charge is 0.508 e. The van der Waals surface area contributed by atoms with E-state index in [9.17, 15) is 24.3 Å². The lowest BCUT2D eigenvalue weighted by molar-refractivity contribution is -0.139. The molecule has 1 rings (SSSR count). The summed E-state index contributed by atoms with van der Waals surface area (Å²) in [7, 11) is 0. The maximum Gasteiger partial charge on any atom is 0.508 e. The molecule has 184 valence electrons. The molecule has 10 nitrogen and oxygen atoms in total. The first-order valence-electron chi connectivity index (χ1n) is 11.0. The van der Waals surface area contributed by atoms with Crippen LogP contribution in [-0.2, 0) is 30.3 Å². The summed E-state index contributed by atoms with van der Waals surface area (Å²) in [4.78, 5) is 46.7. The van der Waals surface area contributed by atoms with Crippen LogP contribution in [0.2, 0.25) is 0 Å². The van der Waals surface area contributed by atoms with Crippen LogP contribution >= 0.6 is 0 Å². The van der Waals surface area contributed by atoms with Gasteiger partial charge in [-0.2, -0.15) is 0 Å². The summed E-state index contributed by atoms with van der Waals surface area (Å²) in [5.41, 5.74) is 0.539. The van der Waals surface area contributed by atoms with Crippen LogP contribution in [0.1, 0.15) is 58.9 Å². The molecule has 1 aromatic carbocycles. The maximum atomic E-state index is 11.8. The van der Waals surface area contributed by atoms with Crippen molar-refractivity contribution >= 4 is 24.1 Å². The van der Waals surface area contributed by atoms with Crippen LogP contribution in [0.3, 0.4) is 0 Å². The number of carbonyl (C=O) groups is 4. The molecular formula is C23H33NO9. The van der Waals surface area contributed by atoms with E-state index in [1.807, 2.05) is 6.92 Å². The van der Waals surface area contributed by atoms with Crippen LogP contribution in [0.25, 0.3) is 0 Å². The highest BCUT2D eigenvalue weighted by Crippen LogP contribution is 2.30. The summed E-state index contributed by atoms with van der Waals surface area (Å²) in [6.45, 7) is 7.19. The lowest BCUT2D eigenvalue weighted by Crippen LogP contribution is -2.42. The zero-order valence-corrected chi connectivity index (χ0v) is 19.5. The Morgan fingerprint density at radius 3 is 2.21 bits per heavy atom. The van der Waals surface area contributed by atoms with Crippen molar-refractivity contribution in [1.82, 2.24) is 5.32 Å². The molecule has 0 aliphatic carbocycles. The number of carboxylic acid groups (broad SMARTS) is 1. The van der Waals surface area contributed by atoms with Gasteiger partial charge >= 0.3 is 24.1 Å². The van der Waals surface area contributed by atoms with Crippen LogP contribution in [0, 0.1) is 0 Å². The van der Waals surface area contributed by atoms with Crippen LogP contribution in [0.5, 0.6) is 11.5 Å². The molecule has 0 amide bonds. The number of rotatable bonds is 14. The lowest BCUT2D eigenvalue weighted by Gasteiger charge is -2.19. The first kappa shape index (κ1) is 27.9. The predicted molar refractivity (Wildman–Crippen MR) is 118 cm³/mol. The van der Waals surface area contributed by atoms with Gasteiger partial charge in [0.25, 0.3) is 0 Å². The van der Waals surface area contributed by atoms with Crippen molar-refractivity contribution in [2.24, 2.45) is 0 Å². The van der Waals surface area contributed by atoms with Crippen LogP contribution < -0.4 is 14.8 Å². The molecule has 0 saturated carbocycles. The minimum Gasteiger partial charge on any atom is -0.480 e. The fourth-order valence-corrected chi connectivity index (χ4v) is 2.56. The number of carbonyl (C=O) groups excluding carboxylic acids is 3. The van der Waals surface area contributed by atoms with Gasteiger partial charge in [0, 0.05) is 19.4 Å². The summed E-state index contributed by atoms with van der Waals surface area (Å²) in [6, 6.07) is 3.50. The smallest absolute Gasteiger partial charge is 0.480 e. The van der Waals surface area contributed by atoms with E-state index >= 15 is 0 Å². The zero-order valence-electron chi connectivity index (χ0n) is 19.5. The second kappa shape index (κ2) is 14.8. The zero-order chi connectivity index (χ0) is 24.8. The van der Waals surface area contributed by atoms with Crippen molar-refractivity contribution in [3.8, 4) is 11.5 Å². The molecule has 0 fully saturated rings. The highest BCUT2D eigenvalue weighted by molar-refractivity contribution is 5.76. The lowest BCUT2D eigenvalue weighted by atomic mass is 10.0. The van der Waals surface area contributed by atoms with E-state index in [1.54, 1.807) is 26.8 Å². The van der Waals surface area contributed by atoms with Crippen molar-refractivity contribution in [2.45, 2.75) is 71.9 Å². The third kappa shape index (κ3) is 10.8. The Morgan fingerprint density at radius 2 is 1.64 bits per heavy atom. The molecule has 0 saturated heterocycles. The first-order chi connectivity index (χ1) is 15.7. The number of ether oxygens (including phenoxy) is 4. The minimum absolute atomic E-state index is 0.0387. The van der Waals surface area contributed by atoms with Crippen LogP contribution in [0.4, 0.5) is 4.79 Å². The van der Waals surface area contributed by atoms with E-state index in [1.165, 1.54) is 12.1 Å². The van der Waals surface area contributed by atoms with Crippen molar-refractivity contribution in [2.75, 3.05) is 13.2 Å². The third-order valence-electron chi connectivity index (χ3n) is 4.44. The topological polar surface area (TPSA) is 137 Å². The molecule has 1 unspecified atom stereocenters. The number of unbranched alkanes of at least 4 members (excludes halogenated alkanes) is 1. The predicted octanol–water partition coefficient (Wildman–Crippen LogP) is 3.24. The maximum absolute atomic E-state index is 11.8. The molecule has 0 bridgehead atoms. The van der Waals surface area contributed by atoms with Crippen molar-refractivity contribution in [1.29, 1.82) is 0 Å². The number of hydrogen-bond acceptors (Lipinski definition) is 9. The fraction of sp³-hybridized carbons (Fsp3) is 0.565. The van der Waals surface area contributed by atoms with Gasteiger partial charge in [0.05, 0.1) is 6.61 Å². The van der Waals surface area contributed by atoms with Gasteiger partial charge < -0.3 is 29.4 Å². The summed E-state index contributed by atoms with van der Waals surface area (Å²) >= 11 is 0. The van der Waals surface area contributed by atoms with Gasteiger partial charge in [-0.1, -0.05) is 33.3 Å². The number of benzene rings is 1. The second-order valence-electron chi connectivity index (χ2n) is 7.32. The highest BCUT2D eigenvalue weighted by Gasteiger charge is 2.21. The molecule has 0 aliphatic heterocycles. The average Bonchev–Trinajstić information content (AvgIpc) is 2.77. The summed E-state index contributed by atoms with van der Waals surface area (Å²) in [5.74, 6) is -2.01. The fourth-order valence-electron chi connectivity index (χ4n) is 2.56. The Labute approximate surface area is 193 Å². The van der Waals surface area contributed by atoms with E-state index in [2.05, 4.69) is 5.32 Å². The number of nitrogens with one attached hydrogen (secondary N) is 1. The van der Waals surface area contributed by atoms with Gasteiger partial charge in [-0.25, -0.2) is 4.79 Å². The van der Waals surface area contributed by atoms with Crippen LogP contribution in [-0.4, -0.2) is 54.5 Å². The van der Waals surface area contributed by atoms with Crippen LogP contribution in [0.15, 0.2) is 18.2 Å².